The fourth-order valence-electron chi connectivity index (χ4n) is 3.43. The normalized spacial score (nSPS) is 13.9. The number of fused-ring (bicyclic) bond motifs is 1. The number of anilines is 1. The number of hydrogen-bond acceptors (Lipinski definition) is 4. The van der Waals surface area contributed by atoms with Gasteiger partial charge in [0.2, 0.25) is 0 Å². The second-order valence-corrected chi connectivity index (χ2v) is 7.08. The van der Waals surface area contributed by atoms with Gasteiger partial charge in [0, 0.05) is 10.6 Å². The molecule has 0 unspecified atom stereocenters. The Morgan fingerprint density at radius 1 is 1.00 bits per heavy atom. The number of benzene rings is 3. The van der Waals surface area contributed by atoms with Crippen LogP contribution in [0.25, 0.3) is 22.3 Å². The van der Waals surface area contributed by atoms with E-state index in [1.807, 2.05) is 0 Å². The molecule has 0 fully saturated rings. The summed E-state index contributed by atoms with van der Waals surface area (Å²) in [6.07, 6.45) is -4.48. The summed E-state index contributed by atoms with van der Waals surface area (Å²) in [5.41, 5.74) is 5.60. The number of hydrazine groups is 1. The zero-order chi connectivity index (χ0) is 20.8. The van der Waals surface area contributed by atoms with E-state index in [0.29, 0.717) is 38.7 Å². The van der Waals surface area contributed by atoms with Crippen LogP contribution in [0.3, 0.4) is 0 Å². The molecule has 0 atom stereocenters. The lowest BCUT2D eigenvalue weighted by atomic mass is 9.91. The van der Waals surface area contributed by atoms with Crippen LogP contribution < -0.4 is 10.2 Å². The number of hydrogen-bond donors (Lipinski definition) is 2. The molecule has 8 heteroatoms. The minimum absolute atomic E-state index is 0.220. The fourth-order valence-corrected chi connectivity index (χ4v) is 3.60. The van der Waals surface area contributed by atoms with Crippen molar-refractivity contribution in [2.75, 3.05) is 12.5 Å². The lowest BCUT2D eigenvalue weighted by molar-refractivity contribution is -0.137. The van der Waals surface area contributed by atoms with Gasteiger partial charge in [-0.2, -0.15) is 13.2 Å². The van der Waals surface area contributed by atoms with E-state index in [0.717, 1.165) is 22.9 Å². The molecular weight excluding hydrogens is 405 g/mol. The number of halogens is 4. The van der Waals surface area contributed by atoms with Crippen LogP contribution >= 0.6 is 11.6 Å². The highest BCUT2D eigenvalue weighted by Gasteiger charge is 2.31. The van der Waals surface area contributed by atoms with Crippen molar-refractivity contribution in [3.05, 3.63) is 70.7 Å². The van der Waals surface area contributed by atoms with Crippen molar-refractivity contribution in [2.45, 2.75) is 12.7 Å². The lowest BCUT2D eigenvalue weighted by Gasteiger charge is -2.17. The van der Waals surface area contributed by atoms with Crippen molar-refractivity contribution < 1.29 is 23.1 Å². The molecule has 1 aliphatic heterocycles. The highest BCUT2D eigenvalue weighted by molar-refractivity contribution is 6.31. The fraction of sp³-hybridized carbons (Fsp3) is 0.143. The predicted molar refractivity (Wildman–Crippen MR) is 105 cm³/mol. The van der Waals surface area contributed by atoms with Gasteiger partial charge < -0.3 is 4.74 Å². The third-order valence-electron chi connectivity index (χ3n) is 4.78. The first-order valence-corrected chi connectivity index (χ1v) is 9.05. The minimum Gasteiger partial charge on any atom is -0.496 e. The van der Waals surface area contributed by atoms with Gasteiger partial charge in [0.25, 0.3) is 0 Å². The van der Waals surface area contributed by atoms with Gasteiger partial charge in [-0.15, -0.1) is 5.17 Å². The monoisotopic (exact) mass is 420 g/mol. The molecule has 1 aliphatic rings. The summed E-state index contributed by atoms with van der Waals surface area (Å²) in [6.45, 7) is 0.220. The van der Waals surface area contributed by atoms with Crippen molar-refractivity contribution in [2.24, 2.45) is 0 Å². The van der Waals surface area contributed by atoms with E-state index in [4.69, 9.17) is 16.3 Å². The Balaban J connectivity index is 1.94. The van der Waals surface area contributed by atoms with Gasteiger partial charge in [-0.05, 0) is 64.7 Å². The quantitative estimate of drug-likeness (QED) is 0.527. The van der Waals surface area contributed by atoms with Crippen LogP contribution in [0, 0.1) is 0 Å². The number of nitrogens with one attached hydrogen (secondary N) is 1. The maximum absolute atomic E-state index is 13.4. The Morgan fingerprint density at radius 3 is 2.52 bits per heavy atom. The molecule has 29 heavy (non-hydrogen) atoms. The number of hydroxylamine groups is 1. The maximum atomic E-state index is 13.4. The molecule has 0 saturated carbocycles. The molecule has 3 aromatic rings. The van der Waals surface area contributed by atoms with Crippen LogP contribution in [0.4, 0.5) is 18.9 Å². The van der Waals surface area contributed by atoms with Crippen molar-refractivity contribution in [1.82, 2.24) is 5.17 Å². The molecule has 0 radical (unpaired) electrons. The number of methoxy groups -OCH3 is 1. The first kappa shape index (κ1) is 19.6. The van der Waals surface area contributed by atoms with E-state index in [-0.39, 0.29) is 6.54 Å². The zero-order valence-electron chi connectivity index (χ0n) is 15.2. The van der Waals surface area contributed by atoms with Crippen LogP contribution in [-0.4, -0.2) is 17.5 Å². The van der Waals surface area contributed by atoms with E-state index in [9.17, 15) is 18.4 Å². The van der Waals surface area contributed by atoms with Gasteiger partial charge in [0.1, 0.15) is 5.75 Å². The molecule has 3 aromatic carbocycles. The largest absolute Gasteiger partial charge is 0.496 e. The summed E-state index contributed by atoms with van der Waals surface area (Å²) >= 11 is 6.14. The molecular formula is C21H16ClF3N2O2. The molecule has 0 bridgehead atoms. The molecule has 0 spiro atoms. The average Bonchev–Trinajstić information content (AvgIpc) is 3.06. The molecule has 2 N–H and O–H groups in total. The number of alkyl halides is 3. The maximum Gasteiger partial charge on any atom is 0.416 e. The molecule has 150 valence electrons. The lowest BCUT2D eigenvalue weighted by Crippen LogP contribution is -2.17. The standard InChI is InChI=1S/C21H16ClF3N2O2/c1-29-20-7-4-15(22)10-18(20)16-5-3-14(21(23,24)25)9-17(16)12-2-6-19-13(8-12)11-27(28)26-19/h2-10,26,28H,11H2,1H3. The van der Waals surface area contributed by atoms with E-state index < -0.39 is 11.7 Å². The summed E-state index contributed by atoms with van der Waals surface area (Å²) in [7, 11) is 1.49. The molecule has 1 heterocycles. The highest BCUT2D eigenvalue weighted by atomic mass is 35.5. The second kappa shape index (κ2) is 7.26. The van der Waals surface area contributed by atoms with Gasteiger partial charge in [-0.1, -0.05) is 23.7 Å². The Kier molecular flexibility index (Phi) is 4.90. The molecule has 4 nitrogen and oxygen atoms in total. The van der Waals surface area contributed by atoms with Crippen molar-refractivity contribution in [1.29, 1.82) is 0 Å². The molecule has 0 saturated heterocycles. The van der Waals surface area contributed by atoms with Crippen LogP contribution in [0.5, 0.6) is 5.75 Å². The summed E-state index contributed by atoms with van der Waals surface area (Å²) in [5, 5.41) is 11.0. The molecule has 0 amide bonds. The summed E-state index contributed by atoms with van der Waals surface area (Å²) in [5.74, 6) is 0.500. The van der Waals surface area contributed by atoms with Crippen molar-refractivity contribution in [3.8, 4) is 28.0 Å². The summed E-state index contributed by atoms with van der Waals surface area (Å²) < 4.78 is 45.6. The van der Waals surface area contributed by atoms with E-state index in [2.05, 4.69) is 5.43 Å². The molecule has 0 aromatic heterocycles. The van der Waals surface area contributed by atoms with Gasteiger partial charge in [0.05, 0.1) is 24.9 Å². The predicted octanol–water partition coefficient (Wildman–Crippen LogP) is 6.23. The smallest absolute Gasteiger partial charge is 0.416 e. The third kappa shape index (κ3) is 3.76. The number of ether oxygens (including phenoxy) is 1. The summed E-state index contributed by atoms with van der Waals surface area (Å²) in [4.78, 5) is 0. The van der Waals surface area contributed by atoms with Crippen LogP contribution in [-0.2, 0) is 12.7 Å². The third-order valence-corrected chi connectivity index (χ3v) is 5.02. The Labute approximate surface area is 170 Å². The minimum atomic E-state index is -4.48. The second-order valence-electron chi connectivity index (χ2n) is 6.64. The van der Waals surface area contributed by atoms with Crippen LogP contribution in [0.2, 0.25) is 5.02 Å². The topological polar surface area (TPSA) is 44.7 Å². The van der Waals surface area contributed by atoms with Gasteiger partial charge in [-0.25, -0.2) is 0 Å². The Bertz CT molecular complexity index is 1090. The highest BCUT2D eigenvalue weighted by Crippen LogP contribution is 2.42. The van der Waals surface area contributed by atoms with E-state index in [1.165, 1.54) is 13.2 Å². The van der Waals surface area contributed by atoms with Crippen molar-refractivity contribution >= 4 is 17.3 Å². The van der Waals surface area contributed by atoms with Gasteiger partial charge in [0.15, 0.2) is 0 Å². The van der Waals surface area contributed by atoms with E-state index >= 15 is 0 Å². The van der Waals surface area contributed by atoms with Crippen LogP contribution in [0.1, 0.15) is 11.1 Å². The molecule has 4 rings (SSSR count). The van der Waals surface area contributed by atoms with Gasteiger partial charge >= 0.3 is 6.18 Å². The average molecular weight is 421 g/mol. The van der Waals surface area contributed by atoms with Crippen molar-refractivity contribution in [3.63, 3.8) is 0 Å². The van der Waals surface area contributed by atoms with Gasteiger partial charge in [-0.3, -0.25) is 10.6 Å². The van der Waals surface area contributed by atoms with Crippen LogP contribution in [0.15, 0.2) is 54.6 Å². The zero-order valence-corrected chi connectivity index (χ0v) is 16.0. The first-order chi connectivity index (χ1) is 13.8. The Hall–Kier alpha value is -2.74. The Morgan fingerprint density at radius 2 is 1.79 bits per heavy atom. The van der Waals surface area contributed by atoms with E-state index in [1.54, 1.807) is 36.4 Å². The first-order valence-electron chi connectivity index (χ1n) is 8.68. The summed E-state index contributed by atoms with van der Waals surface area (Å²) in [6, 6.07) is 13.8. The number of nitrogens with zero attached hydrogens (tertiary/aromatic N) is 1. The number of rotatable bonds is 3. The SMILES string of the molecule is COc1ccc(Cl)cc1-c1ccc(C(F)(F)F)cc1-c1ccc2c(c1)CN(O)N2. The molecule has 0 aliphatic carbocycles.